The first kappa shape index (κ1) is 14.8. The summed E-state index contributed by atoms with van der Waals surface area (Å²) in [5.74, 6) is 0.301. The maximum absolute atomic E-state index is 11.7. The molecule has 2 rings (SSSR count). The van der Waals surface area contributed by atoms with Gasteiger partial charge in [0.2, 0.25) is 0 Å². The first-order valence-corrected chi connectivity index (χ1v) is 7.44. The fourth-order valence-electron chi connectivity index (χ4n) is 3.37. The molecular weight excluding hydrogens is 240 g/mol. The molecule has 1 aliphatic heterocycles. The molecule has 1 aliphatic carbocycles. The lowest BCUT2D eigenvalue weighted by molar-refractivity contribution is -0.146. The van der Waals surface area contributed by atoms with E-state index in [9.17, 15) is 9.90 Å². The number of likely N-dealkylation sites (N-methyl/N-ethyl adjacent to an activating group) is 1. The van der Waals surface area contributed by atoms with Crippen molar-refractivity contribution in [3.63, 3.8) is 0 Å². The summed E-state index contributed by atoms with van der Waals surface area (Å²) >= 11 is 0. The molecule has 4 heteroatoms. The van der Waals surface area contributed by atoms with Crippen LogP contribution in [0.1, 0.15) is 40.0 Å². The summed E-state index contributed by atoms with van der Waals surface area (Å²) in [6.45, 7) is 9.56. The summed E-state index contributed by atoms with van der Waals surface area (Å²) in [5.41, 5.74) is -0.410. The van der Waals surface area contributed by atoms with Crippen LogP contribution in [0.4, 0.5) is 0 Å². The molecule has 2 N–H and O–H groups in total. The minimum Gasteiger partial charge on any atom is -0.480 e. The molecule has 0 spiro atoms. The van der Waals surface area contributed by atoms with Gasteiger partial charge in [0.15, 0.2) is 0 Å². The standard InChI is InChI=1S/C15H28N2O2/c1-14(2,3)12-7-8-17(9-12)10-15(16-4,13(18)19)11-5-6-11/h11-12,16H,5-10H2,1-4H3,(H,18,19). The molecule has 0 amide bonds. The molecule has 0 bridgehead atoms. The number of hydrogen-bond acceptors (Lipinski definition) is 3. The van der Waals surface area contributed by atoms with Gasteiger partial charge < -0.3 is 15.3 Å². The summed E-state index contributed by atoms with van der Waals surface area (Å²) < 4.78 is 0. The summed E-state index contributed by atoms with van der Waals surface area (Å²) in [5, 5.41) is 12.7. The van der Waals surface area contributed by atoms with Gasteiger partial charge in [0, 0.05) is 13.1 Å². The van der Waals surface area contributed by atoms with E-state index < -0.39 is 11.5 Å². The van der Waals surface area contributed by atoms with Crippen LogP contribution in [-0.2, 0) is 4.79 Å². The number of rotatable bonds is 5. The Bertz CT molecular complexity index is 347. The van der Waals surface area contributed by atoms with Crippen LogP contribution >= 0.6 is 0 Å². The molecule has 0 aromatic rings. The number of carboxylic acids is 1. The highest BCUT2D eigenvalue weighted by molar-refractivity contribution is 5.80. The van der Waals surface area contributed by atoms with Gasteiger partial charge in [-0.05, 0) is 50.1 Å². The third kappa shape index (κ3) is 2.95. The van der Waals surface area contributed by atoms with Gasteiger partial charge in [-0.15, -0.1) is 0 Å². The maximum atomic E-state index is 11.7. The molecule has 1 saturated carbocycles. The van der Waals surface area contributed by atoms with E-state index in [0.29, 0.717) is 23.8 Å². The average Bonchev–Trinajstić information content (AvgIpc) is 3.04. The van der Waals surface area contributed by atoms with E-state index in [1.54, 1.807) is 7.05 Å². The zero-order valence-electron chi connectivity index (χ0n) is 12.7. The fraction of sp³-hybridized carbons (Fsp3) is 0.933. The maximum Gasteiger partial charge on any atom is 0.325 e. The van der Waals surface area contributed by atoms with E-state index in [-0.39, 0.29) is 0 Å². The minimum atomic E-state index is -0.729. The predicted octanol–water partition coefficient (Wildman–Crippen LogP) is 1.81. The van der Waals surface area contributed by atoms with E-state index in [2.05, 4.69) is 31.0 Å². The van der Waals surface area contributed by atoms with E-state index in [0.717, 1.165) is 25.9 Å². The zero-order chi connectivity index (χ0) is 14.3. The molecule has 1 saturated heterocycles. The second kappa shape index (κ2) is 5.06. The number of carbonyl (C=O) groups is 1. The SMILES string of the molecule is CNC(CN1CCC(C(C)(C)C)C1)(C(=O)O)C1CC1. The molecule has 0 radical (unpaired) electrons. The van der Waals surface area contributed by atoms with E-state index in [1.165, 1.54) is 6.42 Å². The molecular formula is C15H28N2O2. The first-order chi connectivity index (χ1) is 8.79. The van der Waals surface area contributed by atoms with Crippen LogP contribution in [0.2, 0.25) is 0 Å². The van der Waals surface area contributed by atoms with Crippen molar-refractivity contribution in [3.05, 3.63) is 0 Å². The van der Waals surface area contributed by atoms with E-state index in [1.807, 2.05) is 0 Å². The molecule has 0 aromatic carbocycles. The quantitative estimate of drug-likeness (QED) is 0.798. The third-order valence-electron chi connectivity index (χ3n) is 5.07. The van der Waals surface area contributed by atoms with Crippen LogP contribution in [0.5, 0.6) is 0 Å². The van der Waals surface area contributed by atoms with Crippen molar-refractivity contribution in [2.45, 2.75) is 45.6 Å². The van der Waals surface area contributed by atoms with Crippen molar-refractivity contribution >= 4 is 5.97 Å². The van der Waals surface area contributed by atoms with Crippen molar-refractivity contribution in [3.8, 4) is 0 Å². The highest BCUT2D eigenvalue weighted by Gasteiger charge is 2.51. The molecule has 2 atom stereocenters. The second-order valence-corrected chi connectivity index (χ2v) is 7.39. The number of likely N-dealkylation sites (tertiary alicyclic amines) is 1. The lowest BCUT2D eigenvalue weighted by Gasteiger charge is -2.34. The Morgan fingerprint density at radius 3 is 2.26 bits per heavy atom. The summed E-state index contributed by atoms with van der Waals surface area (Å²) in [4.78, 5) is 14.1. The van der Waals surface area contributed by atoms with Crippen LogP contribution in [-0.4, -0.2) is 48.2 Å². The number of nitrogens with one attached hydrogen (secondary N) is 1. The summed E-state index contributed by atoms with van der Waals surface area (Å²) in [6.07, 6.45) is 3.28. The highest BCUT2D eigenvalue weighted by Crippen LogP contribution is 2.41. The van der Waals surface area contributed by atoms with Crippen molar-refractivity contribution in [1.29, 1.82) is 0 Å². The largest absolute Gasteiger partial charge is 0.480 e. The molecule has 2 unspecified atom stereocenters. The first-order valence-electron chi connectivity index (χ1n) is 7.44. The topological polar surface area (TPSA) is 52.6 Å². The molecule has 110 valence electrons. The fourth-order valence-corrected chi connectivity index (χ4v) is 3.37. The van der Waals surface area contributed by atoms with E-state index in [4.69, 9.17) is 0 Å². The Balaban J connectivity index is 2.02. The predicted molar refractivity (Wildman–Crippen MR) is 76.2 cm³/mol. The second-order valence-electron chi connectivity index (χ2n) is 7.39. The molecule has 19 heavy (non-hydrogen) atoms. The number of hydrogen-bond donors (Lipinski definition) is 2. The Kier molecular flexibility index (Phi) is 3.94. The zero-order valence-corrected chi connectivity index (χ0v) is 12.7. The lowest BCUT2D eigenvalue weighted by Crippen LogP contribution is -2.59. The smallest absolute Gasteiger partial charge is 0.325 e. The third-order valence-corrected chi connectivity index (χ3v) is 5.07. The Hall–Kier alpha value is -0.610. The van der Waals surface area contributed by atoms with Gasteiger partial charge in [-0.25, -0.2) is 0 Å². The number of aliphatic carboxylic acids is 1. The number of carboxylic acid groups (broad SMARTS) is 1. The highest BCUT2D eigenvalue weighted by atomic mass is 16.4. The Labute approximate surface area is 116 Å². The van der Waals surface area contributed by atoms with E-state index >= 15 is 0 Å². The van der Waals surface area contributed by atoms with Gasteiger partial charge in [-0.2, -0.15) is 0 Å². The Morgan fingerprint density at radius 2 is 1.89 bits per heavy atom. The molecule has 0 aromatic heterocycles. The van der Waals surface area contributed by atoms with Crippen molar-refractivity contribution in [1.82, 2.24) is 10.2 Å². The van der Waals surface area contributed by atoms with Crippen LogP contribution < -0.4 is 5.32 Å². The lowest BCUT2D eigenvalue weighted by atomic mass is 9.80. The molecule has 2 aliphatic rings. The van der Waals surface area contributed by atoms with Crippen LogP contribution in [0.3, 0.4) is 0 Å². The van der Waals surface area contributed by atoms with Gasteiger partial charge >= 0.3 is 5.97 Å². The van der Waals surface area contributed by atoms with Gasteiger partial charge in [0.25, 0.3) is 0 Å². The van der Waals surface area contributed by atoms with Crippen LogP contribution in [0.15, 0.2) is 0 Å². The monoisotopic (exact) mass is 268 g/mol. The van der Waals surface area contributed by atoms with Gasteiger partial charge in [0.1, 0.15) is 5.54 Å². The van der Waals surface area contributed by atoms with Gasteiger partial charge in [0.05, 0.1) is 0 Å². The van der Waals surface area contributed by atoms with Crippen molar-refractivity contribution in [2.75, 3.05) is 26.7 Å². The summed E-state index contributed by atoms with van der Waals surface area (Å²) in [7, 11) is 1.80. The van der Waals surface area contributed by atoms with Crippen molar-refractivity contribution in [2.24, 2.45) is 17.3 Å². The van der Waals surface area contributed by atoms with Crippen LogP contribution in [0.25, 0.3) is 0 Å². The average molecular weight is 268 g/mol. The van der Waals surface area contributed by atoms with Crippen LogP contribution in [0, 0.1) is 17.3 Å². The van der Waals surface area contributed by atoms with Gasteiger partial charge in [-0.3, -0.25) is 4.79 Å². The normalized spacial score (nSPS) is 28.3. The molecule has 4 nitrogen and oxygen atoms in total. The van der Waals surface area contributed by atoms with Crippen molar-refractivity contribution < 1.29 is 9.90 Å². The molecule has 2 fully saturated rings. The number of nitrogens with zero attached hydrogens (tertiary/aromatic N) is 1. The summed E-state index contributed by atoms with van der Waals surface area (Å²) in [6, 6.07) is 0. The minimum absolute atomic E-state index is 0.309. The molecule has 1 heterocycles. The van der Waals surface area contributed by atoms with Gasteiger partial charge in [-0.1, -0.05) is 20.8 Å². The Morgan fingerprint density at radius 1 is 1.26 bits per heavy atom.